The maximum absolute atomic E-state index is 11.3. The molecule has 1 rings (SSSR count). The third-order valence-corrected chi connectivity index (χ3v) is 2.83. The second kappa shape index (κ2) is 5.73. The summed E-state index contributed by atoms with van der Waals surface area (Å²) in [6.07, 6.45) is 5.80. The van der Waals surface area contributed by atoms with Crippen LogP contribution in [0.5, 0.6) is 0 Å². The Morgan fingerprint density at radius 3 is 2.60 bits per heavy atom. The van der Waals surface area contributed by atoms with Gasteiger partial charge in [-0.2, -0.15) is 0 Å². The molecule has 1 N–H and O–H groups in total. The minimum Gasteiger partial charge on any atom is -0.312 e. The first-order valence-corrected chi connectivity index (χ1v) is 5.75. The lowest BCUT2D eigenvalue weighted by atomic mass is 10.1. The quantitative estimate of drug-likeness (QED) is 0.540. The van der Waals surface area contributed by atoms with Crippen molar-refractivity contribution in [3.05, 3.63) is 0 Å². The predicted molar refractivity (Wildman–Crippen MR) is 58.5 cm³/mol. The molecule has 1 saturated heterocycles. The van der Waals surface area contributed by atoms with Crippen LogP contribution in [0.4, 0.5) is 4.79 Å². The molecule has 1 unspecified atom stereocenters. The molecule has 1 heterocycles. The number of nitrogens with zero attached hydrogens (tertiary/aromatic N) is 1. The van der Waals surface area contributed by atoms with Crippen molar-refractivity contribution in [1.29, 1.82) is 0 Å². The van der Waals surface area contributed by atoms with Crippen LogP contribution in [0.3, 0.4) is 0 Å². The molecule has 1 fully saturated rings. The van der Waals surface area contributed by atoms with Gasteiger partial charge in [0.2, 0.25) is 5.91 Å². The Labute approximate surface area is 91.0 Å². The molecule has 0 bridgehead atoms. The van der Waals surface area contributed by atoms with E-state index >= 15 is 0 Å². The SMILES string of the molecule is CCCCCCC(C)N1CC(=O)NC1=O. The van der Waals surface area contributed by atoms with Crippen molar-refractivity contribution in [2.45, 2.75) is 52.0 Å². The van der Waals surface area contributed by atoms with Crippen molar-refractivity contribution >= 4 is 11.9 Å². The van der Waals surface area contributed by atoms with Gasteiger partial charge in [-0.25, -0.2) is 4.79 Å². The van der Waals surface area contributed by atoms with E-state index in [0.717, 1.165) is 12.8 Å². The van der Waals surface area contributed by atoms with Crippen LogP contribution in [-0.2, 0) is 4.79 Å². The number of amides is 3. The number of unbranched alkanes of at least 4 members (excludes halogenated alkanes) is 3. The number of imide groups is 1. The van der Waals surface area contributed by atoms with Gasteiger partial charge < -0.3 is 4.90 Å². The van der Waals surface area contributed by atoms with Gasteiger partial charge in [0.05, 0.1) is 0 Å². The van der Waals surface area contributed by atoms with Crippen LogP contribution in [-0.4, -0.2) is 29.4 Å². The van der Waals surface area contributed by atoms with Crippen molar-refractivity contribution in [3.63, 3.8) is 0 Å². The fraction of sp³-hybridized carbons (Fsp3) is 0.818. The van der Waals surface area contributed by atoms with E-state index in [1.165, 1.54) is 19.3 Å². The molecule has 0 aromatic rings. The minimum atomic E-state index is -0.233. The van der Waals surface area contributed by atoms with E-state index in [-0.39, 0.29) is 24.5 Å². The summed E-state index contributed by atoms with van der Waals surface area (Å²) in [7, 11) is 0. The number of hydrogen-bond donors (Lipinski definition) is 1. The lowest BCUT2D eigenvalue weighted by Crippen LogP contribution is -2.35. The number of carbonyl (C=O) groups excluding carboxylic acids is 2. The summed E-state index contributed by atoms with van der Waals surface area (Å²) in [5.41, 5.74) is 0. The molecule has 86 valence electrons. The first-order valence-electron chi connectivity index (χ1n) is 5.75. The monoisotopic (exact) mass is 212 g/mol. The van der Waals surface area contributed by atoms with Gasteiger partial charge in [-0.05, 0) is 13.3 Å². The van der Waals surface area contributed by atoms with Crippen molar-refractivity contribution in [1.82, 2.24) is 10.2 Å². The van der Waals surface area contributed by atoms with Crippen LogP contribution in [0.25, 0.3) is 0 Å². The van der Waals surface area contributed by atoms with Crippen LogP contribution >= 0.6 is 0 Å². The van der Waals surface area contributed by atoms with E-state index < -0.39 is 0 Å². The van der Waals surface area contributed by atoms with Crippen LogP contribution < -0.4 is 5.32 Å². The van der Waals surface area contributed by atoms with Crippen LogP contribution in [0.2, 0.25) is 0 Å². The maximum atomic E-state index is 11.3. The van der Waals surface area contributed by atoms with Crippen molar-refractivity contribution in [2.24, 2.45) is 0 Å². The van der Waals surface area contributed by atoms with E-state index in [1.807, 2.05) is 6.92 Å². The van der Waals surface area contributed by atoms with Gasteiger partial charge in [-0.15, -0.1) is 0 Å². The van der Waals surface area contributed by atoms with E-state index in [0.29, 0.717) is 0 Å². The molecule has 0 aromatic carbocycles. The van der Waals surface area contributed by atoms with Gasteiger partial charge in [0.25, 0.3) is 0 Å². The third kappa shape index (κ3) is 3.53. The Morgan fingerprint density at radius 1 is 1.33 bits per heavy atom. The van der Waals surface area contributed by atoms with Crippen LogP contribution in [0.15, 0.2) is 0 Å². The fourth-order valence-corrected chi connectivity index (χ4v) is 1.84. The molecule has 1 aliphatic heterocycles. The largest absolute Gasteiger partial charge is 0.324 e. The molecule has 0 spiro atoms. The Morgan fingerprint density at radius 2 is 2.07 bits per heavy atom. The Kier molecular flexibility index (Phi) is 4.59. The second-order valence-corrected chi connectivity index (χ2v) is 4.18. The summed E-state index contributed by atoms with van der Waals surface area (Å²) in [5.74, 6) is -0.180. The molecule has 4 nitrogen and oxygen atoms in total. The normalized spacial score (nSPS) is 18.1. The molecule has 1 aliphatic rings. The molecule has 15 heavy (non-hydrogen) atoms. The molecule has 0 radical (unpaired) electrons. The van der Waals surface area contributed by atoms with Gasteiger partial charge in [-0.3, -0.25) is 10.1 Å². The minimum absolute atomic E-state index is 0.174. The zero-order chi connectivity index (χ0) is 11.3. The molecular formula is C11H20N2O2. The summed E-state index contributed by atoms with van der Waals surface area (Å²) in [6.45, 7) is 4.41. The molecule has 4 heteroatoms. The van der Waals surface area contributed by atoms with Crippen molar-refractivity contribution < 1.29 is 9.59 Å². The molecule has 0 aliphatic carbocycles. The molecule has 3 amide bonds. The smallest absolute Gasteiger partial charge is 0.312 e. The van der Waals surface area contributed by atoms with Gasteiger partial charge in [0, 0.05) is 6.04 Å². The lowest BCUT2D eigenvalue weighted by molar-refractivity contribution is -0.118. The van der Waals surface area contributed by atoms with Crippen molar-refractivity contribution in [3.8, 4) is 0 Å². The summed E-state index contributed by atoms with van der Waals surface area (Å²) < 4.78 is 0. The molecular weight excluding hydrogens is 192 g/mol. The molecule has 1 atom stereocenters. The zero-order valence-corrected chi connectivity index (χ0v) is 9.58. The molecule has 0 saturated carbocycles. The highest BCUT2D eigenvalue weighted by atomic mass is 16.2. The topological polar surface area (TPSA) is 49.4 Å². The standard InChI is InChI=1S/C11H20N2O2/c1-3-4-5-6-7-9(2)13-8-10(14)12-11(13)15/h9H,3-8H2,1-2H3,(H,12,14,15). The lowest BCUT2D eigenvalue weighted by Gasteiger charge is -2.21. The highest BCUT2D eigenvalue weighted by molar-refractivity contribution is 6.02. The Hall–Kier alpha value is -1.06. The van der Waals surface area contributed by atoms with E-state index in [2.05, 4.69) is 12.2 Å². The highest BCUT2D eigenvalue weighted by Gasteiger charge is 2.29. The van der Waals surface area contributed by atoms with Gasteiger partial charge in [0.15, 0.2) is 0 Å². The van der Waals surface area contributed by atoms with Gasteiger partial charge >= 0.3 is 6.03 Å². The zero-order valence-electron chi connectivity index (χ0n) is 9.58. The first kappa shape index (κ1) is 12.0. The average Bonchev–Trinajstić information content (AvgIpc) is 2.52. The summed E-state index contributed by atoms with van der Waals surface area (Å²) in [4.78, 5) is 23.9. The number of rotatable bonds is 6. The van der Waals surface area contributed by atoms with Gasteiger partial charge in [0.1, 0.15) is 6.54 Å². The maximum Gasteiger partial charge on any atom is 0.324 e. The van der Waals surface area contributed by atoms with Gasteiger partial charge in [-0.1, -0.05) is 32.6 Å². The highest BCUT2D eigenvalue weighted by Crippen LogP contribution is 2.12. The predicted octanol–water partition coefficient (Wildman–Crippen LogP) is 1.90. The second-order valence-electron chi connectivity index (χ2n) is 4.18. The Bertz CT molecular complexity index is 241. The van der Waals surface area contributed by atoms with Crippen molar-refractivity contribution in [2.75, 3.05) is 6.54 Å². The first-order chi connectivity index (χ1) is 7.15. The van der Waals surface area contributed by atoms with E-state index in [1.54, 1.807) is 4.90 Å². The number of carbonyl (C=O) groups is 2. The summed E-state index contributed by atoms with van der Waals surface area (Å²) in [5, 5.41) is 2.30. The number of urea groups is 1. The van der Waals surface area contributed by atoms with Crippen LogP contribution in [0.1, 0.15) is 46.0 Å². The summed E-state index contributed by atoms with van der Waals surface area (Å²) in [6, 6.07) is -0.0590. The average molecular weight is 212 g/mol. The third-order valence-electron chi connectivity index (χ3n) is 2.83. The van der Waals surface area contributed by atoms with Crippen LogP contribution in [0, 0.1) is 0 Å². The Balaban J connectivity index is 2.24. The van der Waals surface area contributed by atoms with E-state index in [4.69, 9.17) is 0 Å². The van der Waals surface area contributed by atoms with E-state index in [9.17, 15) is 9.59 Å². The summed E-state index contributed by atoms with van der Waals surface area (Å²) >= 11 is 0. The number of hydrogen-bond acceptors (Lipinski definition) is 2. The molecule has 0 aromatic heterocycles. The fourth-order valence-electron chi connectivity index (χ4n) is 1.84. The number of nitrogens with one attached hydrogen (secondary N) is 1.